The van der Waals surface area contributed by atoms with Gasteiger partial charge in [0.25, 0.3) is 0 Å². The molecule has 4 aromatic rings. The van der Waals surface area contributed by atoms with Gasteiger partial charge in [-0.3, -0.25) is 4.79 Å². The summed E-state index contributed by atoms with van der Waals surface area (Å²) >= 11 is 0. The molecule has 1 aliphatic carbocycles. The molecule has 2 aromatic heterocycles. The van der Waals surface area contributed by atoms with Crippen molar-refractivity contribution >= 4 is 28.4 Å². The molecule has 2 aliphatic rings. The van der Waals surface area contributed by atoms with E-state index in [0.29, 0.717) is 18.9 Å². The van der Waals surface area contributed by atoms with Crippen LogP contribution >= 0.6 is 0 Å². The first-order chi connectivity index (χ1) is 15.8. The zero-order chi connectivity index (χ0) is 21.5. The first-order valence-corrected chi connectivity index (χ1v) is 11.5. The van der Waals surface area contributed by atoms with E-state index in [9.17, 15) is 4.79 Å². The predicted molar refractivity (Wildman–Crippen MR) is 124 cm³/mol. The Kier molecular flexibility index (Phi) is 4.74. The van der Waals surface area contributed by atoms with E-state index in [1.807, 2.05) is 53.4 Å². The third-order valence-electron chi connectivity index (χ3n) is 6.53. The molecular weight excluding hydrogens is 400 g/mol. The monoisotopic (exact) mass is 426 g/mol. The van der Waals surface area contributed by atoms with E-state index < -0.39 is 0 Å². The molecule has 0 spiro atoms. The molecule has 1 saturated carbocycles. The van der Waals surface area contributed by atoms with Gasteiger partial charge in [0.1, 0.15) is 5.82 Å². The van der Waals surface area contributed by atoms with Crippen LogP contribution in [0.4, 0.5) is 5.95 Å². The van der Waals surface area contributed by atoms with Gasteiger partial charge in [-0.25, -0.2) is 9.38 Å². The summed E-state index contributed by atoms with van der Waals surface area (Å²) in [7, 11) is 0. The van der Waals surface area contributed by atoms with Crippen LogP contribution in [0.25, 0.3) is 16.6 Å². The molecule has 32 heavy (non-hydrogen) atoms. The van der Waals surface area contributed by atoms with Gasteiger partial charge in [-0.05, 0) is 37.0 Å². The van der Waals surface area contributed by atoms with Crippen LogP contribution in [0.5, 0.6) is 0 Å². The smallest absolute Gasteiger partial charge is 0.227 e. The van der Waals surface area contributed by atoms with Crippen molar-refractivity contribution in [3.63, 3.8) is 0 Å². The molecular formula is C25H26N6O. The zero-order valence-corrected chi connectivity index (χ0v) is 18.0. The number of anilines is 1. The molecule has 0 N–H and O–H groups in total. The maximum absolute atomic E-state index is 12.9. The van der Waals surface area contributed by atoms with Crippen molar-refractivity contribution in [3.8, 4) is 0 Å². The zero-order valence-electron chi connectivity index (χ0n) is 18.0. The minimum Gasteiger partial charge on any atom is -0.341 e. The maximum Gasteiger partial charge on any atom is 0.227 e. The molecule has 162 valence electrons. The van der Waals surface area contributed by atoms with Crippen LogP contribution in [0.3, 0.4) is 0 Å². The minimum atomic E-state index is 0.192. The molecule has 0 atom stereocenters. The first-order valence-electron chi connectivity index (χ1n) is 11.5. The van der Waals surface area contributed by atoms with E-state index in [1.54, 1.807) is 0 Å². The molecule has 0 bridgehead atoms. The Hall–Kier alpha value is -3.48. The number of carbonyl (C=O) groups excluding carboxylic acids is 1. The van der Waals surface area contributed by atoms with Crippen molar-refractivity contribution in [2.45, 2.75) is 31.6 Å². The summed E-state index contributed by atoms with van der Waals surface area (Å²) in [4.78, 5) is 22.3. The Morgan fingerprint density at radius 1 is 0.906 bits per heavy atom. The van der Waals surface area contributed by atoms with Crippen LogP contribution in [0.1, 0.15) is 36.6 Å². The van der Waals surface area contributed by atoms with Crippen LogP contribution < -0.4 is 4.90 Å². The highest BCUT2D eigenvalue weighted by Crippen LogP contribution is 2.40. The Labute approximate surface area is 186 Å². The molecule has 1 saturated heterocycles. The van der Waals surface area contributed by atoms with Crippen molar-refractivity contribution in [2.75, 3.05) is 31.1 Å². The van der Waals surface area contributed by atoms with Crippen LogP contribution in [0, 0.1) is 0 Å². The summed E-state index contributed by atoms with van der Waals surface area (Å²) in [6.07, 6.45) is 3.69. The Morgan fingerprint density at radius 2 is 1.72 bits per heavy atom. The van der Waals surface area contributed by atoms with E-state index in [0.717, 1.165) is 72.8 Å². The van der Waals surface area contributed by atoms with E-state index in [4.69, 9.17) is 4.98 Å². The summed E-state index contributed by atoms with van der Waals surface area (Å²) in [5, 5.41) is 10.1. The largest absolute Gasteiger partial charge is 0.341 e. The fraction of sp³-hybridized carbons (Fsp3) is 0.360. The molecule has 0 unspecified atom stereocenters. The number of nitrogens with zero attached hydrogens (tertiary/aromatic N) is 6. The Bertz CT molecular complexity index is 1280. The van der Waals surface area contributed by atoms with E-state index in [-0.39, 0.29) is 5.91 Å². The number of benzene rings is 2. The molecule has 6 rings (SSSR count). The number of hydrogen-bond acceptors (Lipinski definition) is 5. The van der Waals surface area contributed by atoms with Gasteiger partial charge in [0.15, 0.2) is 5.65 Å². The molecule has 3 heterocycles. The van der Waals surface area contributed by atoms with Crippen LogP contribution in [-0.2, 0) is 11.2 Å². The van der Waals surface area contributed by atoms with Gasteiger partial charge in [0.05, 0.1) is 11.9 Å². The topological polar surface area (TPSA) is 66.6 Å². The minimum absolute atomic E-state index is 0.192. The highest BCUT2D eigenvalue weighted by molar-refractivity contribution is 5.92. The van der Waals surface area contributed by atoms with Gasteiger partial charge in [-0.1, -0.05) is 42.5 Å². The fourth-order valence-corrected chi connectivity index (χ4v) is 4.65. The van der Waals surface area contributed by atoms with Crippen molar-refractivity contribution in [3.05, 3.63) is 66.0 Å². The molecule has 7 nitrogen and oxygen atoms in total. The Balaban J connectivity index is 1.30. The van der Waals surface area contributed by atoms with Gasteiger partial charge in [0, 0.05) is 37.5 Å². The second kappa shape index (κ2) is 7.89. The quantitative estimate of drug-likeness (QED) is 0.500. The van der Waals surface area contributed by atoms with Crippen molar-refractivity contribution in [1.82, 2.24) is 24.5 Å². The van der Waals surface area contributed by atoms with Gasteiger partial charge in [-0.2, -0.15) is 0 Å². The number of para-hydroxylation sites is 1. The van der Waals surface area contributed by atoms with Gasteiger partial charge >= 0.3 is 0 Å². The average molecular weight is 427 g/mol. The third-order valence-corrected chi connectivity index (χ3v) is 6.53. The molecule has 0 radical (unpaired) electrons. The molecule has 2 aromatic carbocycles. The van der Waals surface area contributed by atoms with Crippen molar-refractivity contribution < 1.29 is 4.79 Å². The molecule has 7 heteroatoms. The average Bonchev–Trinajstić information content (AvgIpc) is 3.62. The van der Waals surface area contributed by atoms with Gasteiger partial charge < -0.3 is 9.80 Å². The van der Waals surface area contributed by atoms with E-state index >= 15 is 0 Å². The van der Waals surface area contributed by atoms with E-state index in [2.05, 4.69) is 25.6 Å². The third kappa shape index (κ3) is 3.47. The number of carbonyl (C=O) groups is 1. The number of fused-ring (bicyclic) bond motifs is 3. The number of amides is 1. The Morgan fingerprint density at radius 3 is 2.56 bits per heavy atom. The van der Waals surface area contributed by atoms with Crippen LogP contribution in [-0.4, -0.2) is 56.6 Å². The first kappa shape index (κ1) is 19.2. The van der Waals surface area contributed by atoms with Crippen LogP contribution in [0.15, 0.2) is 54.6 Å². The molecule has 2 fully saturated rings. The number of rotatable bonds is 4. The lowest BCUT2D eigenvalue weighted by Gasteiger charge is -2.24. The lowest BCUT2D eigenvalue weighted by Crippen LogP contribution is -2.36. The van der Waals surface area contributed by atoms with Crippen LogP contribution in [0.2, 0.25) is 0 Å². The van der Waals surface area contributed by atoms with Gasteiger partial charge in [0.2, 0.25) is 11.9 Å². The maximum atomic E-state index is 12.9. The summed E-state index contributed by atoms with van der Waals surface area (Å²) in [5.41, 5.74) is 2.88. The predicted octanol–water partition coefficient (Wildman–Crippen LogP) is 3.44. The highest BCUT2D eigenvalue weighted by atomic mass is 16.2. The lowest BCUT2D eigenvalue weighted by atomic mass is 10.1. The van der Waals surface area contributed by atoms with Crippen molar-refractivity contribution in [1.29, 1.82) is 0 Å². The van der Waals surface area contributed by atoms with Crippen molar-refractivity contribution in [2.24, 2.45) is 0 Å². The highest BCUT2D eigenvalue weighted by Gasteiger charge is 2.32. The number of aromatic nitrogens is 4. The summed E-state index contributed by atoms with van der Waals surface area (Å²) < 4.78 is 2.17. The summed E-state index contributed by atoms with van der Waals surface area (Å²) in [6.45, 7) is 3.08. The van der Waals surface area contributed by atoms with E-state index in [1.165, 1.54) is 0 Å². The number of hydrogen-bond donors (Lipinski definition) is 0. The standard InChI is InChI=1S/C25H26N6O/c32-22(17-18-7-2-1-3-8-18)29-13-6-14-30(16-15-29)25-26-21-10-5-4-9-20(21)24-28-27-23(31(24)25)19-11-12-19/h1-5,7-10,19H,6,11-17H2. The summed E-state index contributed by atoms with van der Waals surface area (Å²) in [6, 6.07) is 18.1. The van der Waals surface area contributed by atoms with Gasteiger partial charge in [-0.15, -0.1) is 10.2 Å². The molecule has 1 aliphatic heterocycles. The fourth-order valence-electron chi connectivity index (χ4n) is 4.65. The lowest BCUT2D eigenvalue weighted by molar-refractivity contribution is -0.130. The second-order valence-corrected chi connectivity index (χ2v) is 8.80. The normalized spacial score (nSPS) is 17.1. The summed E-state index contributed by atoms with van der Waals surface area (Å²) in [5.74, 6) is 2.60. The second-order valence-electron chi connectivity index (χ2n) is 8.80. The SMILES string of the molecule is O=C(Cc1ccccc1)N1CCCN(c2nc3ccccc3c3nnc(C4CC4)n23)CC1. The molecule has 1 amide bonds.